The fraction of sp³-hybridized carbons (Fsp3) is 0.562. The minimum Gasteiger partial charge on any atom is -0.337 e. The summed E-state index contributed by atoms with van der Waals surface area (Å²) in [5.74, 6) is 0.157. The average Bonchev–Trinajstić information content (AvgIpc) is 2.81. The number of rotatable bonds is 5. The molecule has 1 aromatic rings. The third kappa shape index (κ3) is 4.71. The molecule has 1 amide bonds. The molecule has 1 saturated heterocycles. The molecule has 23 heavy (non-hydrogen) atoms. The number of amides is 1. The van der Waals surface area contributed by atoms with Crippen LogP contribution in [0.2, 0.25) is 0 Å². The third-order valence-electron chi connectivity index (χ3n) is 3.93. The summed E-state index contributed by atoms with van der Waals surface area (Å²) in [5, 5.41) is 0. The van der Waals surface area contributed by atoms with Crippen molar-refractivity contribution >= 4 is 27.7 Å². The average molecular weight is 357 g/mol. The first-order valence-corrected chi connectivity index (χ1v) is 10.7. The van der Waals surface area contributed by atoms with Gasteiger partial charge < -0.3 is 4.90 Å². The highest BCUT2D eigenvalue weighted by Gasteiger charge is 2.26. The normalized spacial score (nSPS) is 17.0. The second kappa shape index (κ2) is 8.17. The molecule has 128 valence electrons. The SMILES string of the molecule is CCCS(=O)(=O)N1CCCN(C(=O)c2ccc(SC)cc2)CC1. The van der Waals surface area contributed by atoms with Crippen LogP contribution >= 0.6 is 11.8 Å². The van der Waals surface area contributed by atoms with Gasteiger partial charge in [-0.05, 0) is 43.4 Å². The number of hydrogen-bond acceptors (Lipinski definition) is 4. The minimum absolute atomic E-state index is 0.0209. The number of sulfonamides is 1. The standard InChI is InChI=1S/C16H24N2O3S2/c1-3-13-23(20,21)18-10-4-9-17(11-12-18)16(19)14-5-7-15(22-2)8-6-14/h5-8H,3-4,9-13H2,1-2H3. The molecule has 1 aliphatic rings. The molecule has 0 saturated carbocycles. The van der Waals surface area contributed by atoms with Crippen LogP contribution in [0.1, 0.15) is 30.1 Å². The van der Waals surface area contributed by atoms with Crippen molar-refractivity contribution in [2.75, 3.05) is 38.2 Å². The van der Waals surface area contributed by atoms with Crippen molar-refractivity contribution in [2.45, 2.75) is 24.7 Å². The van der Waals surface area contributed by atoms with Crippen molar-refractivity contribution in [3.63, 3.8) is 0 Å². The van der Waals surface area contributed by atoms with Gasteiger partial charge in [-0.25, -0.2) is 12.7 Å². The van der Waals surface area contributed by atoms with Gasteiger partial charge in [0.1, 0.15) is 0 Å². The Morgan fingerprint density at radius 3 is 2.43 bits per heavy atom. The molecule has 0 radical (unpaired) electrons. The van der Waals surface area contributed by atoms with Gasteiger partial charge in [0.05, 0.1) is 5.75 Å². The summed E-state index contributed by atoms with van der Waals surface area (Å²) >= 11 is 1.64. The summed E-state index contributed by atoms with van der Waals surface area (Å²) in [7, 11) is -3.19. The summed E-state index contributed by atoms with van der Waals surface area (Å²) in [5.41, 5.74) is 0.660. The first kappa shape index (κ1) is 18.3. The van der Waals surface area contributed by atoms with Crippen LogP contribution in [0.15, 0.2) is 29.2 Å². The Bertz CT molecular complexity index is 629. The molecular weight excluding hydrogens is 332 g/mol. The molecule has 1 heterocycles. The molecule has 1 aliphatic heterocycles. The first-order valence-electron chi connectivity index (χ1n) is 7.89. The van der Waals surface area contributed by atoms with Crippen molar-refractivity contribution in [1.82, 2.24) is 9.21 Å². The lowest BCUT2D eigenvalue weighted by Crippen LogP contribution is -2.38. The molecule has 0 atom stereocenters. The fourth-order valence-electron chi connectivity index (χ4n) is 2.68. The summed E-state index contributed by atoms with van der Waals surface area (Å²) in [6.45, 7) is 3.80. The van der Waals surface area contributed by atoms with E-state index in [-0.39, 0.29) is 11.7 Å². The van der Waals surface area contributed by atoms with Gasteiger partial charge in [0, 0.05) is 36.6 Å². The Labute approximate surface area is 143 Å². The number of nitrogens with zero attached hydrogens (tertiary/aromatic N) is 2. The first-order chi connectivity index (χ1) is 11.0. The van der Waals surface area contributed by atoms with E-state index in [9.17, 15) is 13.2 Å². The smallest absolute Gasteiger partial charge is 0.253 e. The summed E-state index contributed by atoms with van der Waals surface area (Å²) in [4.78, 5) is 15.5. The van der Waals surface area contributed by atoms with Gasteiger partial charge in [0.25, 0.3) is 5.91 Å². The minimum atomic E-state index is -3.19. The Balaban J connectivity index is 2.03. The van der Waals surface area contributed by atoms with Crippen LogP contribution in [-0.2, 0) is 10.0 Å². The number of hydrogen-bond donors (Lipinski definition) is 0. The van der Waals surface area contributed by atoms with E-state index in [1.165, 1.54) is 4.31 Å². The van der Waals surface area contributed by atoms with Crippen molar-refractivity contribution in [3.05, 3.63) is 29.8 Å². The van der Waals surface area contributed by atoms with E-state index < -0.39 is 10.0 Å². The largest absolute Gasteiger partial charge is 0.337 e. The molecule has 5 nitrogen and oxygen atoms in total. The van der Waals surface area contributed by atoms with E-state index in [4.69, 9.17) is 0 Å². The molecule has 0 aromatic heterocycles. The van der Waals surface area contributed by atoms with Gasteiger partial charge >= 0.3 is 0 Å². The van der Waals surface area contributed by atoms with E-state index in [0.29, 0.717) is 44.6 Å². The van der Waals surface area contributed by atoms with Crippen molar-refractivity contribution in [3.8, 4) is 0 Å². The van der Waals surface area contributed by atoms with Gasteiger partial charge in [-0.3, -0.25) is 4.79 Å². The summed E-state index contributed by atoms with van der Waals surface area (Å²) < 4.78 is 25.9. The van der Waals surface area contributed by atoms with Gasteiger partial charge in [-0.1, -0.05) is 6.92 Å². The lowest BCUT2D eigenvalue weighted by Gasteiger charge is -2.22. The second-order valence-corrected chi connectivity index (χ2v) is 8.56. The van der Waals surface area contributed by atoms with Crippen LogP contribution in [0.4, 0.5) is 0 Å². The predicted molar refractivity (Wildman–Crippen MR) is 94.4 cm³/mol. The molecule has 0 unspecified atom stereocenters. The number of benzene rings is 1. The summed E-state index contributed by atoms with van der Waals surface area (Å²) in [6, 6.07) is 7.55. The van der Waals surface area contributed by atoms with Crippen molar-refractivity contribution in [1.29, 1.82) is 0 Å². The summed E-state index contributed by atoms with van der Waals surface area (Å²) in [6.07, 6.45) is 3.29. The molecule has 0 aliphatic carbocycles. The van der Waals surface area contributed by atoms with Gasteiger partial charge in [-0.15, -0.1) is 11.8 Å². The van der Waals surface area contributed by atoms with E-state index in [2.05, 4.69) is 0 Å². The maximum atomic E-state index is 12.6. The number of carbonyl (C=O) groups is 1. The van der Waals surface area contributed by atoms with Gasteiger partial charge in [-0.2, -0.15) is 0 Å². The molecule has 2 rings (SSSR count). The van der Waals surface area contributed by atoms with Crippen LogP contribution in [0, 0.1) is 0 Å². The molecule has 1 aromatic carbocycles. The number of thioether (sulfide) groups is 1. The molecule has 1 fully saturated rings. The zero-order chi connectivity index (χ0) is 16.9. The monoisotopic (exact) mass is 356 g/mol. The van der Waals surface area contributed by atoms with Gasteiger partial charge in [0.2, 0.25) is 10.0 Å². The van der Waals surface area contributed by atoms with E-state index in [1.807, 2.05) is 37.4 Å². The zero-order valence-corrected chi connectivity index (χ0v) is 15.3. The Hall–Kier alpha value is -1.05. The Kier molecular flexibility index (Phi) is 6.50. The van der Waals surface area contributed by atoms with Crippen LogP contribution < -0.4 is 0 Å². The Morgan fingerprint density at radius 2 is 1.83 bits per heavy atom. The van der Waals surface area contributed by atoms with Crippen LogP contribution in [0.3, 0.4) is 0 Å². The topological polar surface area (TPSA) is 57.7 Å². The highest BCUT2D eigenvalue weighted by Crippen LogP contribution is 2.17. The van der Waals surface area contributed by atoms with Crippen LogP contribution in [0.5, 0.6) is 0 Å². The zero-order valence-electron chi connectivity index (χ0n) is 13.7. The predicted octanol–water partition coefficient (Wildman–Crippen LogP) is 2.30. The Morgan fingerprint density at radius 1 is 1.13 bits per heavy atom. The highest BCUT2D eigenvalue weighted by molar-refractivity contribution is 7.98. The van der Waals surface area contributed by atoms with Crippen molar-refractivity contribution < 1.29 is 13.2 Å². The number of carbonyl (C=O) groups excluding carboxylic acids is 1. The molecular formula is C16H24N2O3S2. The maximum Gasteiger partial charge on any atom is 0.253 e. The molecule has 0 bridgehead atoms. The van der Waals surface area contributed by atoms with E-state index in [0.717, 1.165) is 4.90 Å². The van der Waals surface area contributed by atoms with Crippen molar-refractivity contribution in [2.24, 2.45) is 0 Å². The quantitative estimate of drug-likeness (QED) is 0.760. The second-order valence-electron chi connectivity index (χ2n) is 5.59. The third-order valence-corrected chi connectivity index (χ3v) is 6.75. The molecule has 0 N–H and O–H groups in total. The van der Waals surface area contributed by atoms with E-state index >= 15 is 0 Å². The fourth-order valence-corrected chi connectivity index (χ4v) is 4.63. The molecule has 7 heteroatoms. The molecule has 0 spiro atoms. The lowest BCUT2D eigenvalue weighted by atomic mass is 10.2. The van der Waals surface area contributed by atoms with E-state index in [1.54, 1.807) is 16.7 Å². The lowest BCUT2D eigenvalue weighted by molar-refractivity contribution is 0.0764. The van der Waals surface area contributed by atoms with Crippen LogP contribution in [0.25, 0.3) is 0 Å². The van der Waals surface area contributed by atoms with Gasteiger partial charge in [0.15, 0.2) is 0 Å². The van der Waals surface area contributed by atoms with Crippen LogP contribution in [-0.4, -0.2) is 61.7 Å². The highest BCUT2D eigenvalue weighted by atomic mass is 32.2. The maximum absolute atomic E-state index is 12.6.